The number of anilines is 2. The average Bonchev–Trinajstić information content (AvgIpc) is 3.85. The summed E-state index contributed by atoms with van der Waals surface area (Å²) in [6, 6.07) is 17.2. The summed E-state index contributed by atoms with van der Waals surface area (Å²) in [5, 5.41) is 18.5. The van der Waals surface area contributed by atoms with Gasteiger partial charge in [-0.25, -0.2) is 9.78 Å². The van der Waals surface area contributed by atoms with E-state index in [0.29, 0.717) is 68.2 Å². The second kappa shape index (κ2) is 19.9. The monoisotopic (exact) mass is 914 g/mol. The van der Waals surface area contributed by atoms with E-state index in [0.717, 1.165) is 50.9 Å². The molecule has 3 aromatic carbocycles. The van der Waals surface area contributed by atoms with Crippen molar-refractivity contribution < 1.29 is 33.4 Å². The predicted molar refractivity (Wildman–Crippen MR) is 256 cm³/mol. The van der Waals surface area contributed by atoms with Crippen LogP contribution in [0.2, 0.25) is 0 Å². The smallest absolute Gasteiger partial charge is 0.408 e. The van der Waals surface area contributed by atoms with Crippen LogP contribution in [0, 0.1) is 11.3 Å². The van der Waals surface area contributed by atoms with E-state index < -0.39 is 41.0 Å². The Labute approximate surface area is 390 Å². The van der Waals surface area contributed by atoms with E-state index >= 15 is 0 Å². The van der Waals surface area contributed by atoms with Gasteiger partial charge in [-0.2, -0.15) is 5.26 Å². The zero-order valence-electron chi connectivity index (χ0n) is 39.5. The normalized spacial score (nSPS) is 15.3. The number of rotatable bonds is 16. The second-order valence-corrected chi connectivity index (χ2v) is 18.8. The number of nitrogens with two attached hydrogens (primary N) is 1. The van der Waals surface area contributed by atoms with Gasteiger partial charge in [0.05, 0.1) is 34.8 Å². The standard InChI is InChI=1S/C50H62N10O7/c1-8-31-26-33-34(50(5,6)44-42(43(33)62)32-18-17-30(28-51)25-37(32)54-44)27-40(31)58-21-23-59(24-22-58)41(61)16-11-19-53-45(63)38(29-66-7)55-46(64)36(57-48(65)67-49(2,3)4)14-12-20-60-39-15-10-9-13-35(39)56-47(60)52/h9-10,13,15,17-18,25-27,36,38,54H,8,11-12,14,16,19-24,29H2,1-7H3,(H2,52,56)(H,53,63)(H,55,64)(H,57,65)/t36-,38-/m0/s1. The maximum absolute atomic E-state index is 14.1. The van der Waals surface area contributed by atoms with E-state index in [1.165, 1.54) is 7.11 Å². The molecule has 5 aromatic rings. The molecule has 4 amide bonds. The molecule has 0 spiro atoms. The first-order valence-corrected chi connectivity index (χ1v) is 23.0. The molecule has 0 bridgehead atoms. The van der Waals surface area contributed by atoms with Crippen LogP contribution in [0.5, 0.6) is 0 Å². The number of ether oxygens (including phenoxy) is 2. The van der Waals surface area contributed by atoms with Crippen molar-refractivity contribution >= 4 is 63.2 Å². The van der Waals surface area contributed by atoms with Crippen LogP contribution in [0.4, 0.5) is 16.4 Å². The fraction of sp³-hybridized carbons (Fsp3) is 0.460. The fourth-order valence-corrected chi connectivity index (χ4v) is 9.21. The molecule has 17 heteroatoms. The lowest BCUT2D eigenvalue weighted by Crippen LogP contribution is -2.55. The number of nitrogens with zero attached hydrogens (tertiary/aromatic N) is 5. The van der Waals surface area contributed by atoms with Crippen LogP contribution in [-0.2, 0) is 42.2 Å². The molecule has 1 saturated heterocycles. The minimum absolute atomic E-state index is 0.0177. The summed E-state index contributed by atoms with van der Waals surface area (Å²) in [5.74, 6) is -0.776. The Bertz CT molecular complexity index is 2730. The van der Waals surface area contributed by atoms with Crippen molar-refractivity contribution in [2.75, 3.05) is 57.1 Å². The van der Waals surface area contributed by atoms with E-state index in [-0.39, 0.29) is 37.7 Å². The van der Waals surface area contributed by atoms with E-state index in [1.807, 2.05) is 45.9 Å². The number of benzene rings is 3. The van der Waals surface area contributed by atoms with Crippen molar-refractivity contribution in [3.05, 3.63) is 88.1 Å². The fourth-order valence-electron chi connectivity index (χ4n) is 9.21. The van der Waals surface area contributed by atoms with Gasteiger partial charge in [-0.15, -0.1) is 0 Å². The van der Waals surface area contributed by atoms with E-state index in [4.69, 9.17) is 15.2 Å². The molecule has 0 radical (unpaired) electrons. The molecule has 2 aromatic heterocycles. The quantitative estimate of drug-likeness (QED) is 0.0782. The number of hydrogen-bond acceptors (Lipinski definition) is 11. The van der Waals surface area contributed by atoms with Gasteiger partial charge in [0.25, 0.3) is 0 Å². The number of ketones is 1. The number of fused-ring (bicyclic) bond motifs is 5. The Hall–Kier alpha value is -6.93. The summed E-state index contributed by atoms with van der Waals surface area (Å²) in [6.07, 6.45) is 1.21. The third-order valence-electron chi connectivity index (χ3n) is 12.7. The number of carbonyl (C=O) groups is 5. The van der Waals surface area contributed by atoms with Crippen LogP contribution in [0.3, 0.4) is 0 Å². The molecular formula is C50H62N10O7. The van der Waals surface area contributed by atoms with Gasteiger partial charge in [0.2, 0.25) is 23.7 Å². The van der Waals surface area contributed by atoms with Crippen molar-refractivity contribution in [2.24, 2.45) is 0 Å². The number of nitrogen functional groups attached to an aromatic ring is 1. The first-order chi connectivity index (χ1) is 31.9. The lowest BCUT2D eigenvalue weighted by molar-refractivity contribution is -0.132. The van der Waals surface area contributed by atoms with Crippen LogP contribution < -0.4 is 26.6 Å². The molecule has 17 nitrogen and oxygen atoms in total. The number of hydrogen-bond donors (Lipinski definition) is 5. The van der Waals surface area contributed by atoms with Crippen LogP contribution in [-0.4, -0.2) is 113 Å². The van der Waals surface area contributed by atoms with Crippen LogP contribution in [0.25, 0.3) is 21.9 Å². The lowest BCUT2D eigenvalue weighted by Gasteiger charge is -2.39. The molecule has 1 aliphatic carbocycles. The molecule has 67 heavy (non-hydrogen) atoms. The molecule has 0 saturated carbocycles. The highest BCUT2D eigenvalue weighted by molar-refractivity contribution is 6.20. The number of alkyl carbamates (subject to hydrolysis) is 1. The number of aromatic nitrogens is 3. The molecule has 6 N–H and O–H groups in total. The minimum atomic E-state index is -1.07. The largest absolute Gasteiger partial charge is 0.444 e. The predicted octanol–water partition coefficient (Wildman–Crippen LogP) is 5.45. The lowest BCUT2D eigenvalue weighted by atomic mass is 9.70. The number of aryl methyl sites for hydroxylation is 2. The van der Waals surface area contributed by atoms with Crippen LogP contribution in [0.1, 0.15) is 106 Å². The summed E-state index contributed by atoms with van der Waals surface area (Å²) in [4.78, 5) is 79.5. The number of para-hydroxylation sites is 2. The van der Waals surface area contributed by atoms with Gasteiger partial charge in [0.15, 0.2) is 5.78 Å². The number of aromatic amines is 1. The van der Waals surface area contributed by atoms with E-state index in [9.17, 15) is 29.2 Å². The zero-order chi connectivity index (χ0) is 48.2. The van der Waals surface area contributed by atoms with Crippen molar-refractivity contribution in [1.29, 1.82) is 5.26 Å². The number of amides is 4. The van der Waals surface area contributed by atoms with Crippen LogP contribution >= 0.6 is 0 Å². The molecule has 2 aliphatic rings. The Morgan fingerprint density at radius 3 is 2.43 bits per heavy atom. The number of nitrogens with one attached hydrogen (secondary N) is 4. The van der Waals surface area contributed by atoms with Crippen molar-refractivity contribution in [3.8, 4) is 6.07 Å². The number of piperazine rings is 1. The molecule has 7 rings (SSSR count). The Morgan fingerprint density at radius 1 is 0.985 bits per heavy atom. The van der Waals surface area contributed by atoms with Gasteiger partial charge < -0.3 is 50.5 Å². The minimum Gasteiger partial charge on any atom is -0.444 e. The first kappa shape index (κ1) is 48.0. The topological polar surface area (TPSA) is 230 Å². The molecule has 1 fully saturated rings. The zero-order valence-corrected chi connectivity index (χ0v) is 39.5. The van der Waals surface area contributed by atoms with Crippen molar-refractivity contribution in [3.63, 3.8) is 0 Å². The highest BCUT2D eigenvalue weighted by atomic mass is 16.6. The molecule has 1 aliphatic heterocycles. The highest BCUT2D eigenvalue weighted by Crippen LogP contribution is 2.46. The maximum Gasteiger partial charge on any atom is 0.408 e. The summed E-state index contributed by atoms with van der Waals surface area (Å²) in [6.45, 7) is 14.3. The van der Waals surface area contributed by atoms with Gasteiger partial charge >= 0.3 is 6.09 Å². The Morgan fingerprint density at radius 2 is 1.73 bits per heavy atom. The Kier molecular flexibility index (Phi) is 14.3. The van der Waals surface area contributed by atoms with E-state index in [1.54, 1.807) is 32.9 Å². The van der Waals surface area contributed by atoms with Gasteiger partial charge in [-0.05, 0) is 94.0 Å². The molecule has 3 heterocycles. The number of carbonyl (C=O) groups excluding carboxylic acids is 5. The van der Waals surface area contributed by atoms with Gasteiger partial charge in [-0.3, -0.25) is 19.2 Å². The summed E-state index contributed by atoms with van der Waals surface area (Å²) >= 11 is 0. The number of imidazole rings is 1. The molecular weight excluding hydrogens is 853 g/mol. The maximum atomic E-state index is 14.1. The summed E-state index contributed by atoms with van der Waals surface area (Å²) < 4.78 is 12.6. The number of nitriles is 1. The second-order valence-electron chi connectivity index (χ2n) is 18.8. The van der Waals surface area contributed by atoms with Gasteiger partial charge in [0.1, 0.15) is 17.7 Å². The molecule has 0 unspecified atom stereocenters. The van der Waals surface area contributed by atoms with Crippen molar-refractivity contribution in [2.45, 2.75) is 103 Å². The van der Waals surface area contributed by atoms with Crippen LogP contribution in [0.15, 0.2) is 54.6 Å². The number of H-pyrrole nitrogens is 1. The van der Waals surface area contributed by atoms with Gasteiger partial charge in [-0.1, -0.05) is 39.0 Å². The SMILES string of the molecule is CCc1cc2c(cc1N1CCN(C(=O)CCCNC(=O)[C@H](COC)NC(=O)[C@H](CCCn3c(N)nc4ccccc43)NC(=O)OC(C)(C)C)CC1)C(C)(C)c1[nH]c3cc(C#N)ccc3c1C2=O. The first-order valence-electron chi connectivity index (χ1n) is 23.0. The molecule has 2 atom stereocenters. The Balaban J connectivity index is 0.917. The highest BCUT2D eigenvalue weighted by Gasteiger charge is 2.41. The van der Waals surface area contributed by atoms with Gasteiger partial charge in [0, 0.05) is 86.1 Å². The third kappa shape index (κ3) is 10.4. The average molecular weight is 915 g/mol. The molecule has 354 valence electrons. The number of methoxy groups -OCH3 is 1. The summed E-state index contributed by atoms with van der Waals surface area (Å²) in [7, 11) is 1.42. The third-order valence-corrected chi connectivity index (χ3v) is 12.7. The summed E-state index contributed by atoms with van der Waals surface area (Å²) in [5.41, 5.74) is 13.0. The van der Waals surface area contributed by atoms with E-state index in [2.05, 4.69) is 63.7 Å². The van der Waals surface area contributed by atoms with Crippen molar-refractivity contribution in [1.82, 2.24) is 35.4 Å².